The Morgan fingerprint density at radius 2 is 1.64 bits per heavy atom. The van der Waals surface area contributed by atoms with E-state index in [0.29, 0.717) is 12.5 Å². The van der Waals surface area contributed by atoms with Crippen molar-refractivity contribution in [1.82, 2.24) is 0 Å². The molecule has 1 fully saturated rings. The van der Waals surface area contributed by atoms with Gasteiger partial charge in [-0.2, -0.15) is 0 Å². The normalized spacial score (nSPS) is 36.2. The number of hydrogen-bond donors (Lipinski definition) is 0. The summed E-state index contributed by atoms with van der Waals surface area (Å²) in [5, 5.41) is 0. The number of rotatable bonds is 2. The van der Waals surface area contributed by atoms with E-state index in [-0.39, 0.29) is 0 Å². The molecule has 0 aliphatic heterocycles. The zero-order chi connectivity index (χ0) is 19.1. The minimum Gasteiger partial charge on any atom is -0.438 e. The van der Waals surface area contributed by atoms with Crippen LogP contribution in [0, 0.1) is 29.6 Å². The highest BCUT2D eigenvalue weighted by molar-refractivity contribution is 5.59. The van der Waals surface area contributed by atoms with Crippen LogP contribution in [0.5, 0.6) is 0 Å². The molecule has 0 amide bonds. The monoisotopic (exact) mass is 380 g/mol. The van der Waals surface area contributed by atoms with Crippen LogP contribution >= 0.6 is 0 Å². The first-order valence-electron chi connectivity index (χ1n) is 11.3. The second kappa shape index (κ2) is 7.57. The lowest BCUT2D eigenvalue weighted by atomic mass is 9.59. The van der Waals surface area contributed by atoms with Gasteiger partial charge in [0.1, 0.15) is 0 Å². The third-order valence-electron chi connectivity index (χ3n) is 8.03. The quantitative estimate of drug-likeness (QED) is 0.540. The number of fused-ring (bicyclic) bond motifs is 5. The minimum absolute atomic E-state index is 0.446. The van der Waals surface area contributed by atoms with Crippen LogP contribution in [0.4, 0.5) is 4.79 Å². The molecule has 0 spiro atoms. The van der Waals surface area contributed by atoms with Crippen molar-refractivity contribution in [1.29, 1.82) is 0 Å². The Kier molecular flexibility index (Phi) is 4.94. The van der Waals surface area contributed by atoms with Crippen molar-refractivity contribution in [2.45, 2.75) is 57.8 Å². The predicted molar refractivity (Wildman–Crippen MR) is 110 cm³/mol. The van der Waals surface area contributed by atoms with Crippen molar-refractivity contribution in [3.8, 4) is 0 Å². The molecule has 0 heterocycles. The second-order valence-corrected chi connectivity index (χ2v) is 9.38. The van der Waals surface area contributed by atoms with E-state index in [0.717, 1.165) is 36.5 Å². The van der Waals surface area contributed by atoms with Gasteiger partial charge in [-0.15, -0.1) is 0 Å². The number of methoxy groups -OCH3 is 1. The van der Waals surface area contributed by atoms with Crippen LogP contribution in [0.2, 0.25) is 0 Å². The number of carbonyl (C=O) groups excluding carboxylic acids is 1. The van der Waals surface area contributed by atoms with Crippen LogP contribution in [-0.2, 0) is 9.47 Å². The van der Waals surface area contributed by atoms with Gasteiger partial charge in [-0.3, -0.25) is 0 Å². The molecule has 5 atom stereocenters. The number of allylic oxidation sites excluding steroid dienone is 8. The molecular formula is C25H32O3. The topological polar surface area (TPSA) is 35.5 Å². The smallest absolute Gasteiger partial charge is 0.438 e. The summed E-state index contributed by atoms with van der Waals surface area (Å²) >= 11 is 0. The molecule has 5 aliphatic rings. The first-order chi connectivity index (χ1) is 13.7. The van der Waals surface area contributed by atoms with Crippen LogP contribution in [0.3, 0.4) is 0 Å². The second-order valence-electron chi connectivity index (χ2n) is 9.38. The maximum Gasteiger partial charge on any atom is 0.507 e. The summed E-state index contributed by atoms with van der Waals surface area (Å²) in [6, 6.07) is 0. The highest BCUT2D eigenvalue weighted by Gasteiger charge is 2.41. The van der Waals surface area contributed by atoms with Crippen molar-refractivity contribution in [3.63, 3.8) is 0 Å². The molecule has 5 rings (SSSR count). The number of hydrogen-bond acceptors (Lipinski definition) is 3. The summed E-state index contributed by atoms with van der Waals surface area (Å²) < 4.78 is 9.92. The SMILES string of the molecule is COC(=O)OCC1CCC2CCC3C(=C2C1)C=CC1=C2C=CCCC2CCC13. The van der Waals surface area contributed by atoms with Gasteiger partial charge in [0, 0.05) is 0 Å². The predicted octanol–water partition coefficient (Wildman–Crippen LogP) is 6.13. The summed E-state index contributed by atoms with van der Waals surface area (Å²) in [5.74, 6) is 3.46. The Bertz CT molecular complexity index is 769. The lowest BCUT2D eigenvalue weighted by Gasteiger charge is -2.46. The first-order valence-corrected chi connectivity index (χ1v) is 11.3. The summed E-state index contributed by atoms with van der Waals surface area (Å²) in [6.07, 6.45) is 20.8. The summed E-state index contributed by atoms with van der Waals surface area (Å²) in [6.45, 7) is 0.496. The summed E-state index contributed by atoms with van der Waals surface area (Å²) in [5.41, 5.74) is 6.63. The van der Waals surface area contributed by atoms with Crippen LogP contribution in [0.1, 0.15) is 57.8 Å². The molecule has 0 aromatic rings. The van der Waals surface area contributed by atoms with Crippen molar-refractivity contribution in [2.75, 3.05) is 13.7 Å². The van der Waals surface area contributed by atoms with Gasteiger partial charge in [-0.25, -0.2) is 4.79 Å². The lowest BCUT2D eigenvalue weighted by molar-refractivity contribution is 0.0547. The Morgan fingerprint density at radius 3 is 2.50 bits per heavy atom. The molecule has 28 heavy (non-hydrogen) atoms. The first kappa shape index (κ1) is 18.3. The number of carbonyl (C=O) groups is 1. The maximum atomic E-state index is 11.4. The van der Waals surface area contributed by atoms with Crippen LogP contribution in [0.15, 0.2) is 46.6 Å². The molecule has 5 aliphatic carbocycles. The van der Waals surface area contributed by atoms with E-state index in [1.165, 1.54) is 52.1 Å². The van der Waals surface area contributed by atoms with E-state index < -0.39 is 6.16 Å². The fourth-order valence-corrected chi connectivity index (χ4v) is 6.67. The molecule has 0 aromatic carbocycles. The van der Waals surface area contributed by atoms with Crippen LogP contribution in [-0.4, -0.2) is 19.9 Å². The van der Waals surface area contributed by atoms with Crippen LogP contribution in [0.25, 0.3) is 0 Å². The minimum atomic E-state index is -0.549. The average Bonchev–Trinajstić information content (AvgIpc) is 2.76. The van der Waals surface area contributed by atoms with Gasteiger partial charge in [0.2, 0.25) is 0 Å². The standard InChI is InChI=1S/C25H32O3/c1-27-25(26)28-15-16-6-7-18-9-11-22-21-10-8-17-4-2-3-5-19(17)20(21)12-13-23(22)24(18)14-16/h3,5,12-13,16-18,21-22H,2,4,6-11,14-15H2,1H3. The summed E-state index contributed by atoms with van der Waals surface area (Å²) in [4.78, 5) is 11.4. The highest BCUT2D eigenvalue weighted by Crippen LogP contribution is 2.53. The van der Waals surface area contributed by atoms with Gasteiger partial charge in [0.25, 0.3) is 0 Å². The molecule has 150 valence electrons. The largest absolute Gasteiger partial charge is 0.507 e. The maximum absolute atomic E-state index is 11.4. The van der Waals surface area contributed by atoms with E-state index in [1.807, 2.05) is 0 Å². The van der Waals surface area contributed by atoms with E-state index in [9.17, 15) is 4.79 Å². The zero-order valence-corrected chi connectivity index (χ0v) is 17.0. The van der Waals surface area contributed by atoms with E-state index in [2.05, 4.69) is 29.0 Å². The molecule has 5 unspecified atom stereocenters. The number of ether oxygens (including phenoxy) is 2. The third kappa shape index (κ3) is 3.17. The fraction of sp³-hybridized carbons (Fsp3) is 0.640. The molecule has 0 saturated heterocycles. The van der Waals surface area contributed by atoms with Crippen molar-refractivity contribution in [2.24, 2.45) is 29.6 Å². The fourth-order valence-electron chi connectivity index (χ4n) is 6.67. The van der Waals surface area contributed by atoms with E-state index in [4.69, 9.17) is 4.74 Å². The van der Waals surface area contributed by atoms with Gasteiger partial charge in [0.15, 0.2) is 0 Å². The van der Waals surface area contributed by atoms with E-state index >= 15 is 0 Å². The molecule has 0 bridgehead atoms. The van der Waals surface area contributed by atoms with Crippen LogP contribution < -0.4 is 0 Å². The Morgan fingerprint density at radius 1 is 0.893 bits per heavy atom. The Labute approximate surface area is 168 Å². The molecule has 0 radical (unpaired) electrons. The Hall–Kier alpha value is -1.77. The molecule has 3 heteroatoms. The van der Waals surface area contributed by atoms with Gasteiger partial charge in [-0.05, 0) is 104 Å². The van der Waals surface area contributed by atoms with Gasteiger partial charge < -0.3 is 9.47 Å². The lowest BCUT2D eigenvalue weighted by Crippen LogP contribution is -2.34. The zero-order valence-electron chi connectivity index (χ0n) is 17.0. The molecule has 1 saturated carbocycles. The summed E-state index contributed by atoms with van der Waals surface area (Å²) in [7, 11) is 1.38. The average molecular weight is 381 g/mol. The highest BCUT2D eigenvalue weighted by atomic mass is 16.7. The molecular weight excluding hydrogens is 348 g/mol. The van der Waals surface area contributed by atoms with Gasteiger partial charge in [-0.1, -0.05) is 29.9 Å². The van der Waals surface area contributed by atoms with Crippen molar-refractivity contribution in [3.05, 3.63) is 46.6 Å². The van der Waals surface area contributed by atoms with E-state index in [1.54, 1.807) is 22.3 Å². The van der Waals surface area contributed by atoms with Crippen molar-refractivity contribution < 1.29 is 14.3 Å². The molecule has 0 N–H and O–H groups in total. The molecule has 3 nitrogen and oxygen atoms in total. The third-order valence-corrected chi connectivity index (χ3v) is 8.03. The van der Waals surface area contributed by atoms with Gasteiger partial charge in [0.05, 0.1) is 13.7 Å². The van der Waals surface area contributed by atoms with Crippen molar-refractivity contribution >= 4 is 6.16 Å². The molecule has 0 aromatic heterocycles. The Balaban J connectivity index is 1.42. The van der Waals surface area contributed by atoms with Gasteiger partial charge >= 0.3 is 6.16 Å².